The third kappa shape index (κ3) is 3.85. The highest BCUT2D eigenvalue weighted by atomic mass is 16.6. The summed E-state index contributed by atoms with van der Waals surface area (Å²) in [6.07, 6.45) is 0.338. The number of nitrogens with zero attached hydrogens (tertiary/aromatic N) is 1. The van der Waals surface area contributed by atoms with Crippen LogP contribution in [0.2, 0.25) is 0 Å². The molecule has 0 bridgehead atoms. The van der Waals surface area contributed by atoms with Gasteiger partial charge in [0, 0.05) is 6.04 Å². The van der Waals surface area contributed by atoms with Crippen LogP contribution in [0.1, 0.15) is 48.0 Å². The lowest BCUT2D eigenvalue weighted by Gasteiger charge is -2.30. The van der Waals surface area contributed by atoms with Crippen LogP contribution in [-0.2, 0) is 14.3 Å². The molecule has 1 aliphatic heterocycles. The molecule has 19 heavy (non-hydrogen) atoms. The first-order chi connectivity index (χ1) is 8.67. The van der Waals surface area contributed by atoms with Crippen LogP contribution in [0.15, 0.2) is 0 Å². The maximum absolute atomic E-state index is 12.2. The van der Waals surface area contributed by atoms with Crippen molar-refractivity contribution in [1.29, 1.82) is 0 Å². The van der Waals surface area contributed by atoms with Gasteiger partial charge in [0.25, 0.3) is 0 Å². The molecule has 5 nitrogen and oxygen atoms in total. The van der Waals surface area contributed by atoms with E-state index in [1.165, 1.54) is 4.90 Å². The maximum Gasteiger partial charge on any atom is 0.411 e. The first-order valence-electron chi connectivity index (χ1n) is 6.85. The molecule has 3 atom stereocenters. The van der Waals surface area contributed by atoms with Crippen molar-refractivity contribution in [2.75, 3.05) is 6.61 Å². The molecular weight excluding hydrogens is 246 g/mol. The zero-order chi connectivity index (χ0) is 14.8. The fourth-order valence-electron chi connectivity index (χ4n) is 2.51. The molecule has 1 rings (SSSR count). The third-order valence-electron chi connectivity index (χ3n) is 3.16. The minimum absolute atomic E-state index is 0.0146. The number of hydrogen-bond donors (Lipinski definition) is 0. The molecule has 1 saturated heterocycles. The minimum Gasteiger partial charge on any atom is -0.464 e. The predicted octanol–water partition coefficient (Wildman–Crippen LogP) is 2.58. The Morgan fingerprint density at radius 2 is 1.84 bits per heavy atom. The molecular formula is C14H25NO4. The highest BCUT2D eigenvalue weighted by Gasteiger charge is 2.46. The predicted molar refractivity (Wildman–Crippen MR) is 71.7 cm³/mol. The Hall–Kier alpha value is -1.26. The molecule has 0 N–H and O–H groups in total. The minimum atomic E-state index is -0.568. The lowest BCUT2D eigenvalue weighted by atomic mass is 10.0. The molecule has 3 unspecified atom stereocenters. The van der Waals surface area contributed by atoms with E-state index < -0.39 is 17.7 Å². The normalized spacial score (nSPS) is 27.3. The van der Waals surface area contributed by atoms with Crippen molar-refractivity contribution in [1.82, 2.24) is 4.90 Å². The number of ether oxygens (including phenoxy) is 2. The Balaban J connectivity index is 2.88. The van der Waals surface area contributed by atoms with E-state index in [1.807, 2.05) is 34.6 Å². The summed E-state index contributed by atoms with van der Waals surface area (Å²) in [5.41, 5.74) is -0.568. The van der Waals surface area contributed by atoms with Crippen molar-refractivity contribution in [2.24, 2.45) is 5.92 Å². The largest absolute Gasteiger partial charge is 0.464 e. The Kier molecular flexibility index (Phi) is 4.82. The van der Waals surface area contributed by atoms with Crippen molar-refractivity contribution < 1.29 is 19.1 Å². The van der Waals surface area contributed by atoms with Gasteiger partial charge in [-0.2, -0.15) is 0 Å². The lowest BCUT2D eigenvalue weighted by molar-refractivity contribution is -0.149. The molecule has 0 spiro atoms. The number of hydrogen-bond acceptors (Lipinski definition) is 4. The van der Waals surface area contributed by atoms with Gasteiger partial charge in [0.15, 0.2) is 0 Å². The summed E-state index contributed by atoms with van der Waals surface area (Å²) in [6.45, 7) is 11.4. The van der Waals surface area contributed by atoms with Crippen LogP contribution in [-0.4, -0.2) is 41.3 Å². The number of likely N-dealkylation sites (tertiary alicyclic amines) is 1. The van der Waals surface area contributed by atoms with Gasteiger partial charge in [-0.3, -0.25) is 4.90 Å². The molecule has 1 aliphatic rings. The molecule has 0 aliphatic carbocycles. The molecule has 5 heteroatoms. The monoisotopic (exact) mass is 271 g/mol. The molecule has 0 radical (unpaired) electrons. The summed E-state index contributed by atoms with van der Waals surface area (Å²) in [6, 6.07) is -0.552. The number of carbonyl (C=O) groups is 2. The SMILES string of the molecule is CCOC(=O)C1C(C)CC(C)N1C(=O)OC(C)(C)C. The van der Waals surface area contributed by atoms with E-state index in [0.717, 1.165) is 6.42 Å². The van der Waals surface area contributed by atoms with Crippen molar-refractivity contribution in [3.05, 3.63) is 0 Å². The van der Waals surface area contributed by atoms with Gasteiger partial charge in [0.2, 0.25) is 0 Å². The average Bonchev–Trinajstić information content (AvgIpc) is 2.51. The summed E-state index contributed by atoms with van der Waals surface area (Å²) in [5.74, 6) is -0.258. The molecule has 0 saturated carbocycles. The number of rotatable bonds is 2. The zero-order valence-corrected chi connectivity index (χ0v) is 12.7. The van der Waals surface area contributed by atoms with Gasteiger partial charge in [-0.25, -0.2) is 9.59 Å². The zero-order valence-electron chi connectivity index (χ0n) is 12.7. The Morgan fingerprint density at radius 1 is 1.26 bits per heavy atom. The Bertz CT molecular complexity index is 348. The van der Waals surface area contributed by atoms with Gasteiger partial charge in [-0.15, -0.1) is 0 Å². The van der Waals surface area contributed by atoms with Crippen molar-refractivity contribution in [3.8, 4) is 0 Å². The first kappa shape index (κ1) is 15.8. The van der Waals surface area contributed by atoms with Crippen LogP contribution in [0.4, 0.5) is 4.79 Å². The summed E-state index contributed by atoms with van der Waals surface area (Å²) < 4.78 is 10.4. The van der Waals surface area contributed by atoms with E-state index in [1.54, 1.807) is 6.92 Å². The number of esters is 1. The van der Waals surface area contributed by atoms with E-state index in [9.17, 15) is 9.59 Å². The van der Waals surface area contributed by atoms with Gasteiger partial charge in [-0.05, 0) is 47.0 Å². The van der Waals surface area contributed by atoms with Crippen molar-refractivity contribution in [3.63, 3.8) is 0 Å². The second-order valence-electron chi connectivity index (χ2n) is 6.15. The second-order valence-corrected chi connectivity index (χ2v) is 6.15. The van der Waals surface area contributed by atoms with Crippen LogP contribution < -0.4 is 0 Å². The molecule has 1 heterocycles. The molecule has 1 amide bonds. The lowest BCUT2D eigenvalue weighted by Crippen LogP contribution is -2.48. The Morgan fingerprint density at radius 3 is 2.32 bits per heavy atom. The van der Waals surface area contributed by atoms with Gasteiger partial charge in [-0.1, -0.05) is 6.92 Å². The van der Waals surface area contributed by atoms with Gasteiger partial charge in [0.05, 0.1) is 6.61 Å². The number of amides is 1. The molecule has 110 valence electrons. The third-order valence-corrected chi connectivity index (χ3v) is 3.16. The second kappa shape index (κ2) is 5.80. The quantitative estimate of drug-likeness (QED) is 0.724. The molecule has 0 aromatic carbocycles. The van der Waals surface area contributed by atoms with Crippen LogP contribution in [0.5, 0.6) is 0 Å². The Labute approximate surface area is 115 Å². The van der Waals surface area contributed by atoms with Gasteiger partial charge >= 0.3 is 12.1 Å². The number of carbonyl (C=O) groups excluding carboxylic acids is 2. The van der Waals surface area contributed by atoms with Crippen molar-refractivity contribution >= 4 is 12.1 Å². The highest BCUT2D eigenvalue weighted by Crippen LogP contribution is 2.31. The average molecular weight is 271 g/mol. The molecule has 0 aromatic rings. The molecule has 1 fully saturated rings. The van der Waals surface area contributed by atoms with Crippen LogP contribution >= 0.6 is 0 Å². The van der Waals surface area contributed by atoms with Crippen LogP contribution in [0.25, 0.3) is 0 Å². The summed E-state index contributed by atoms with van der Waals surface area (Å²) in [7, 11) is 0. The molecule has 0 aromatic heterocycles. The summed E-state index contributed by atoms with van der Waals surface area (Å²) >= 11 is 0. The standard InChI is InChI=1S/C14H25NO4/c1-7-18-12(16)11-9(2)8-10(3)15(11)13(17)19-14(4,5)6/h9-11H,7-8H2,1-6H3. The fourth-order valence-corrected chi connectivity index (χ4v) is 2.51. The maximum atomic E-state index is 12.2. The van der Waals surface area contributed by atoms with E-state index in [2.05, 4.69) is 0 Å². The summed E-state index contributed by atoms with van der Waals surface area (Å²) in [4.78, 5) is 25.8. The van der Waals surface area contributed by atoms with E-state index in [4.69, 9.17) is 9.47 Å². The van der Waals surface area contributed by atoms with E-state index in [0.29, 0.717) is 6.61 Å². The topological polar surface area (TPSA) is 55.8 Å². The van der Waals surface area contributed by atoms with Crippen molar-refractivity contribution in [2.45, 2.75) is 65.6 Å². The van der Waals surface area contributed by atoms with E-state index in [-0.39, 0.29) is 17.9 Å². The van der Waals surface area contributed by atoms with Crippen LogP contribution in [0, 0.1) is 5.92 Å². The summed E-state index contributed by atoms with van der Waals surface area (Å²) in [5, 5.41) is 0. The fraction of sp³-hybridized carbons (Fsp3) is 0.857. The van der Waals surface area contributed by atoms with Gasteiger partial charge < -0.3 is 9.47 Å². The smallest absolute Gasteiger partial charge is 0.411 e. The van der Waals surface area contributed by atoms with E-state index >= 15 is 0 Å². The van der Waals surface area contributed by atoms with Gasteiger partial charge in [0.1, 0.15) is 11.6 Å². The first-order valence-corrected chi connectivity index (χ1v) is 6.85. The van der Waals surface area contributed by atoms with Crippen LogP contribution in [0.3, 0.4) is 0 Å². The highest BCUT2D eigenvalue weighted by molar-refractivity contribution is 5.82.